The van der Waals surface area contributed by atoms with Gasteiger partial charge in [0.1, 0.15) is 0 Å². The van der Waals surface area contributed by atoms with Crippen LogP contribution in [0.15, 0.2) is 6.07 Å². The van der Waals surface area contributed by atoms with E-state index in [1.165, 1.54) is 0 Å². The highest BCUT2D eigenvalue weighted by Crippen LogP contribution is 2.41. The second-order valence-corrected chi connectivity index (χ2v) is 10.2. The molecule has 2 aromatic heterocycles. The number of alkyl carbamates (subject to hydrolysis) is 1. The van der Waals surface area contributed by atoms with Crippen LogP contribution < -0.4 is 5.32 Å². The van der Waals surface area contributed by atoms with E-state index in [0.29, 0.717) is 28.8 Å². The molecule has 0 aromatic carbocycles. The number of sulfone groups is 1. The molecule has 2 aliphatic rings. The van der Waals surface area contributed by atoms with Crippen molar-refractivity contribution in [2.45, 2.75) is 45.1 Å². The number of ether oxygens (including phenoxy) is 2. The first kappa shape index (κ1) is 22.2. The van der Waals surface area contributed by atoms with E-state index in [2.05, 4.69) is 9.84 Å². The number of nitrogens with zero attached hydrogens (tertiary/aromatic N) is 3. The molecule has 0 radical (unpaired) electrons. The highest BCUT2D eigenvalue weighted by molar-refractivity contribution is 7.91. The van der Waals surface area contributed by atoms with E-state index in [0.717, 1.165) is 12.8 Å². The molecule has 1 N–H and O–H groups in total. The van der Waals surface area contributed by atoms with E-state index in [1.807, 2.05) is 5.32 Å². The van der Waals surface area contributed by atoms with Gasteiger partial charge in [0.25, 0.3) is 5.91 Å². The van der Waals surface area contributed by atoms with Crippen LogP contribution in [0.2, 0.25) is 0 Å². The fourth-order valence-electron chi connectivity index (χ4n) is 3.83. The zero-order chi connectivity index (χ0) is 23.0. The first-order valence-electron chi connectivity index (χ1n) is 10.4. The van der Waals surface area contributed by atoms with Crippen LogP contribution in [0.4, 0.5) is 4.79 Å². The second kappa shape index (κ2) is 8.49. The van der Waals surface area contributed by atoms with Gasteiger partial charge in [-0.25, -0.2) is 27.7 Å². The largest absolute Gasteiger partial charge is 0.452 e. The Kier molecular flexibility index (Phi) is 5.89. The van der Waals surface area contributed by atoms with Gasteiger partial charge in [-0.3, -0.25) is 10.1 Å². The van der Waals surface area contributed by atoms with Crippen LogP contribution in [0.3, 0.4) is 0 Å². The van der Waals surface area contributed by atoms with Gasteiger partial charge in [-0.15, -0.1) is 0 Å². The molecule has 32 heavy (non-hydrogen) atoms. The molecule has 12 heteroatoms. The standard InChI is InChI=1S/C20H24N4O7S/c1-3-30-20(27)22-16(25)9-31-19(26)14-8-15(12-4-5-12)21-18-17(14)11(2)23-24(18)13-6-7-32(28,29)10-13/h8,12-13H,3-7,9-10H2,1-2H3,(H,22,25,27). The summed E-state index contributed by atoms with van der Waals surface area (Å²) >= 11 is 0. The maximum absolute atomic E-state index is 12.9. The minimum absolute atomic E-state index is 0.0215. The predicted octanol–water partition coefficient (Wildman–Crippen LogP) is 1.41. The van der Waals surface area contributed by atoms with E-state index >= 15 is 0 Å². The fraction of sp³-hybridized carbons (Fsp3) is 0.550. The Morgan fingerprint density at radius 3 is 2.59 bits per heavy atom. The number of amides is 2. The second-order valence-electron chi connectivity index (χ2n) is 8.00. The molecule has 172 valence electrons. The quantitative estimate of drug-likeness (QED) is 0.627. The van der Waals surface area contributed by atoms with Gasteiger partial charge in [-0.1, -0.05) is 0 Å². The van der Waals surface area contributed by atoms with Gasteiger partial charge >= 0.3 is 12.1 Å². The molecule has 1 atom stereocenters. The molecule has 3 heterocycles. The van der Waals surface area contributed by atoms with E-state index < -0.39 is 34.4 Å². The summed E-state index contributed by atoms with van der Waals surface area (Å²) in [7, 11) is -3.14. The van der Waals surface area contributed by atoms with Crippen molar-refractivity contribution in [2.24, 2.45) is 0 Å². The molecule has 0 spiro atoms. The Balaban J connectivity index is 1.63. The van der Waals surface area contributed by atoms with Gasteiger partial charge in [0.15, 0.2) is 22.1 Å². The molecular formula is C20H24N4O7S. The van der Waals surface area contributed by atoms with Crippen molar-refractivity contribution in [2.75, 3.05) is 24.7 Å². The molecule has 2 amide bonds. The van der Waals surface area contributed by atoms with E-state index in [4.69, 9.17) is 9.72 Å². The minimum Gasteiger partial charge on any atom is -0.452 e. The molecule has 11 nitrogen and oxygen atoms in total. The van der Waals surface area contributed by atoms with Gasteiger partial charge in [0.2, 0.25) is 0 Å². The normalized spacial score (nSPS) is 19.6. The topological polar surface area (TPSA) is 147 Å². The van der Waals surface area contributed by atoms with Crippen molar-refractivity contribution in [3.8, 4) is 0 Å². The number of nitrogens with one attached hydrogen (secondary N) is 1. The first-order valence-corrected chi connectivity index (χ1v) is 12.2. The highest BCUT2D eigenvalue weighted by Gasteiger charge is 2.34. The van der Waals surface area contributed by atoms with Crippen LogP contribution in [-0.4, -0.2) is 65.9 Å². The maximum atomic E-state index is 12.9. The van der Waals surface area contributed by atoms with Crippen molar-refractivity contribution >= 4 is 38.8 Å². The van der Waals surface area contributed by atoms with Crippen LogP contribution in [0, 0.1) is 6.92 Å². The Morgan fingerprint density at radius 1 is 1.22 bits per heavy atom. The van der Waals surface area contributed by atoms with Crippen molar-refractivity contribution in [3.05, 3.63) is 23.0 Å². The maximum Gasteiger partial charge on any atom is 0.413 e. The summed E-state index contributed by atoms with van der Waals surface area (Å²) in [6.07, 6.45) is 1.40. The number of fused-ring (bicyclic) bond motifs is 1. The number of hydrogen-bond acceptors (Lipinski definition) is 9. The molecule has 2 aromatic rings. The summed E-state index contributed by atoms with van der Waals surface area (Å²) < 4.78 is 35.3. The lowest BCUT2D eigenvalue weighted by molar-refractivity contribution is -0.123. The van der Waals surface area contributed by atoms with Crippen LogP contribution in [0.5, 0.6) is 0 Å². The lowest BCUT2D eigenvalue weighted by Gasteiger charge is -2.12. The number of imide groups is 1. The molecular weight excluding hydrogens is 440 g/mol. The summed E-state index contributed by atoms with van der Waals surface area (Å²) in [4.78, 5) is 40.8. The third-order valence-electron chi connectivity index (χ3n) is 5.48. The third-order valence-corrected chi connectivity index (χ3v) is 7.23. The lowest BCUT2D eigenvalue weighted by atomic mass is 10.1. The van der Waals surface area contributed by atoms with E-state index in [-0.39, 0.29) is 35.6 Å². The molecule has 1 saturated carbocycles. The number of hydrogen-bond donors (Lipinski definition) is 1. The Hall–Kier alpha value is -3.02. The molecule has 1 aliphatic heterocycles. The average molecular weight is 465 g/mol. The van der Waals surface area contributed by atoms with Crippen LogP contribution in [-0.2, 0) is 24.1 Å². The first-order chi connectivity index (χ1) is 15.2. The summed E-state index contributed by atoms with van der Waals surface area (Å²) in [5.74, 6) is -1.28. The number of aromatic nitrogens is 3. The van der Waals surface area contributed by atoms with Crippen LogP contribution in [0.25, 0.3) is 11.0 Å². The number of aryl methyl sites for hydroxylation is 1. The molecule has 1 saturated heterocycles. The summed E-state index contributed by atoms with van der Waals surface area (Å²) in [6.45, 7) is 2.75. The van der Waals surface area contributed by atoms with Crippen molar-refractivity contribution in [1.82, 2.24) is 20.1 Å². The van der Waals surface area contributed by atoms with Gasteiger partial charge in [-0.05, 0) is 39.2 Å². The number of carbonyl (C=O) groups excluding carboxylic acids is 3. The van der Waals surface area contributed by atoms with Gasteiger partial charge in [0.05, 0.1) is 40.8 Å². The summed E-state index contributed by atoms with van der Waals surface area (Å²) in [6, 6.07) is 1.30. The molecule has 1 unspecified atom stereocenters. The summed E-state index contributed by atoms with van der Waals surface area (Å²) in [5, 5.41) is 6.93. The minimum atomic E-state index is -3.14. The van der Waals surface area contributed by atoms with Crippen LogP contribution in [0.1, 0.15) is 59.9 Å². The predicted molar refractivity (Wildman–Crippen MR) is 112 cm³/mol. The average Bonchev–Trinajstić information content (AvgIpc) is 3.45. The Morgan fingerprint density at radius 2 is 1.97 bits per heavy atom. The van der Waals surface area contributed by atoms with Crippen LogP contribution >= 0.6 is 0 Å². The number of pyridine rings is 1. The zero-order valence-electron chi connectivity index (χ0n) is 17.8. The van der Waals surface area contributed by atoms with Crippen molar-refractivity contribution in [1.29, 1.82) is 0 Å². The molecule has 1 aliphatic carbocycles. The van der Waals surface area contributed by atoms with E-state index in [9.17, 15) is 22.8 Å². The third kappa shape index (κ3) is 4.59. The van der Waals surface area contributed by atoms with Gasteiger partial charge < -0.3 is 9.47 Å². The number of rotatable bonds is 6. The monoisotopic (exact) mass is 464 g/mol. The molecule has 2 fully saturated rings. The van der Waals surface area contributed by atoms with Crippen molar-refractivity contribution in [3.63, 3.8) is 0 Å². The van der Waals surface area contributed by atoms with Gasteiger partial charge in [-0.2, -0.15) is 5.10 Å². The Bertz CT molecular complexity index is 1200. The summed E-state index contributed by atoms with van der Waals surface area (Å²) in [5.41, 5.74) is 1.88. The van der Waals surface area contributed by atoms with Crippen molar-refractivity contribution < 1.29 is 32.3 Å². The smallest absolute Gasteiger partial charge is 0.413 e. The lowest BCUT2D eigenvalue weighted by Crippen LogP contribution is -2.34. The SMILES string of the molecule is CCOC(=O)NC(=O)COC(=O)c1cc(C2CC2)nc2c1c(C)nn2C1CCS(=O)(=O)C1. The Labute approximate surface area is 184 Å². The highest BCUT2D eigenvalue weighted by atomic mass is 32.2. The van der Waals surface area contributed by atoms with E-state index in [1.54, 1.807) is 24.6 Å². The number of carbonyl (C=O) groups is 3. The zero-order valence-corrected chi connectivity index (χ0v) is 18.6. The molecule has 4 rings (SSSR count). The van der Waals surface area contributed by atoms with Gasteiger partial charge in [0, 0.05) is 11.6 Å². The fourth-order valence-corrected chi connectivity index (χ4v) is 5.52. The molecule has 0 bridgehead atoms. The number of esters is 1.